The van der Waals surface area contributed by atoms with Gasteiger partial charge in [0, 0.05) is 5.34 Å². The zero-order valence-corrected chi connectivity index (χ0v) is 11.5. The third kappa shape index (κ3) is 4.23. The molecule has 17 heavy (non-hydrogen) atoms. The minimum atomic E-state index is -1.11. The van der Waals surface area contributed by atoms with E-state index in [0.29, 0.717) is 12.8 Å². The fraction of sp³-hybridized carbons (Fsp3) is 0.714. The number of hydrogen-bond acceptors (Lipinski definition) is 1. The molecule has 0 aliphatic heterocycles. The van der Waals surface area contributed by atoms with Gasteiger partial charge in [-0.25, -0.2) is 0 Å². The SMILES string of the molecule is CC/C=C\C(=C/CC)C(CC)(CCC)N(F)F. The first-order valence-corrected chi connectivity index (χ1v) is 6.57. The number of nitrogens with zero attached hydrogens (tertiary/aromatic N) is 1. The zero-order valence-electron chi connectivity index (χ0n) is 11.5. The average Bonchev–Trinajstić information content (AvgIpc) is 2.31. The predicted octanol–water partition coefficient (Wildman–Crippen LogP) is 5.31. The summed E-state index contributed by atoms with van der Waals surface area (Å²) in [5.41, 5.74) is -0.368. The fourth-order valence-electron chi connectivity index (χ4n) is 2.12. The number of allylic oxidation sites excluding steroid dienone is 2. The van der Waals surface area contributed by atoms with Gasteiger partial charge in [0.2, 0.25) is 0 Å². The summed E-state index contributed by atoms with van der Waals surface area (Å²) in [5, 5.41) is -0.599. The lowest BCUT2D eigenvalue weighted by molar-refractivity contribution is -0.221. The Kier molecular flexibility index (Phi) is 8.05. The third-order valence-electron chi connectivity index (χ3n) is 3.07. The molecule has 3 heteroatoms. The molecular weight excluding hydrogens is 220 g/mol. The van der Waals surface area contributed by atoms with Crippen molar-refractivity contribution in [3.8, 4) is 0 Å². The van der Waals surface area contributed by atoms with E-state index in [1.54, 1.807) is 0 Å². The first-order valence-electron chi connectivity index (χ1n) is 6.57. The monoisotopic (exact) mass is 245 g/mol. The standard InChI is InChI=1S/C14H25F2N/c1-5-9-11-13(10-6-2)14(8-4,12-7-3)17(15)16/h9-11H,5-8,12H2,1-4H3/b11-9-,13-10+. The van der Waals surface area contributed by atoms with Gasteiger partial charge in [0.25, 0.3) is 0 Å². The lowest BCUT2D eigenvalue weighted by Gasteiger charge is -2.33. The quantitative estimate of drug-likeness (QED) is 0.414. The van der Waals surface area contributed by atoms with Crippen molar-refractivity contribution in [3.05, 3.63) is 23.8 Å². The van der Waals surface area contributed by atoms with Crippen LogP contribution in [0.2, 0.25) is 0 Å². The van der Waals surface area contributed by atoms with Crippen LogP contribution in [0.4, 0.5) is 8.96 Å². The van der Waals surface area contributed by atoms with Crippen LogP contribution in [0.15, 0.2) is 23.8 Å². The fourth-order valence-corrected chi connectivity index (χ4v) is 2.12. The van der Waals surface area contributed by atoms with Crippen LogP contribution in [0.1, 0.15) is 59.8 Å². The van der Waals surface area contributed by atoms with Crippen LogP contribution >= 0.6 is 0 Å². The highest BCUT2D eigenvalue weighted by molar-refractivity contribution is 5.30. The largest absolute Gasteiger partial charge is 0.108 e. The molecule has 0 saturated heterocycles. The minimum absolute atomic E-state index is 0.424. The molecule has 0 aromatic rings. The van der Waals surface area contributed by atoms with Gasteiger partial charge < -0.3 is 0 Å². The maximum absolute atomic E-state index is 13.3. The molecule has 1 unspecified atom stereocenters. The second-order valence-corrected chi connectivity index (χ2v) is 4.25. The summed E-state index contributed by atoms with van der Waals surface area (Å²) in [6, 6.07) is 0. The van der Waals surface area contributed by atoms with E-state index in [4.69, 9.17) is 0 Å². The van der Waals surface area contributed by atoms with Gasteiger partial charge >= 0.3 is 0 Å². The van der Waals surface area contributed by atoms with Crippen LogP contribution < -0.4 is 0 Å². The highest BCUT2D eigenvalue weighted by Crippen LogP contribution is 2.35. The minimum Gasteiger partial charge on any atom is -0.101 e. The summed E-state index contributed by atoms with van der Waals surface area (Å²) < 4.78 is 26.6. The molecule has 0 fully saturated rings. The molecule has 0 spiro atoms. The third-order valence-corrected chi connectivity index (χ3v) is 3.07. The molecule has 0 aromatic carbocycles. The Bertz CT molecular complexity index is 259. The van der Waals surface area contributed by atoms with Crippen LogP contribution in [0, 0.1) is 0 Å². The van der Waals surface area contributed by atoms with Gasteiger partial charge in [0.05, 0.1) is 0 Å². The first kappa shape index (κ1) is 16.3. The molecule has 0 N–H and O–H groups in total. The van der Waals surface area contributed by atoms with E-state index in [1.165, 1.54) is 0 Å². The molecule has 0 saturated carbocycles. The average molecular weight is 245 g/mol. The second kappa shape index (κ2) is 8.40. The van der Waals surface area contributed by atoms with Crippen LogP contribution in [0.25, 0.3) is 0 Å². The second-order valence-electron chi connectivity index (χ2n) is 4.25. The Balaban J connectivity index is 5.34. The van der Waals surface area contributed by atoms with Crippen LogP contribution in [-0.4, -0.2) is 10.9 Å². The summed E-state index contributed by atoms with van der Waals surface area (Å²) in [7, 11) is 0. The molecule has 1 nitrogen and oxygen atoms in total. The molecule has 100 valence electrons. The van der Waals surface area contributed by atoms with Gasteiger partial charge in [-0.3, -0.25) is 0 Å². The Morgan fingerprint density at radius 1 is 1.12 bits per heavy atom. The summed E-state index contributed by atoms with van der Waals surface area (Å²) in [6.07, 6.45) is 9.02. The summed E-state index contributed by atoms with van der Waals surface area (Å²) >= 11 is 0. The van der Waals surface area contributed by atoms with E-state index in [0.717, 1.165) is 24.8 Å². The van der Waals surface area contributed by atoms with Crippen molar-refractivity contribution in [2.75, 3.05) is 0 Å². The summed E-state index contributed by atoms with van der Waals surface area (Å²) in [4.78, 5) is 0. The molecule has 0 aliphatic carbocycles. The molecule has 0 aliphatic rings. The molecule has 0 rings (SSSR count). The molecule has 0 heterocycles. The highest BCUT2D eigenvalue weighted by atomic mass is 19.4. The van der Waals surface area contributed by atoms with Crippen LogP contribution in [0.5, 0.6) is 0 Å². The zero-order chi connectivity index (χ0) is 13.3. The molecule has 1 atom stereocenters. The molecule has 0 aromatic heterocycles. The van der Waals surface area contributed by atoms with Crippen molar-refractivity contribution in [3.63, 3.8) is 0 Å². The van der Waals surface area contributed by atoms with Gasteiger partial charge in [-0.15, -0.1) is 8.96 Å². The van der Waals surface area contributed by atoms with Crippen LogP contribution in [-0.2, 0) is 0 Å². The van der Waals surface area contributed by atoms with Gasteiger partial charge in [-0.1, -0.05) is 52.3 Å². The van der Waals surface area contributed by atoms with Gasteiger partial charge in [-0.05, 0) is 31.3 Å². The Hall–Kier alpha value is -0.700. The number of hydrogen-bond donors (Lipinski definition) is 0. The maximum Gasteiger partial charge on any atom is 0.108 e. The van der Waals surface area contributed by atoms with E-state index in [9.17, 15) is 8.96 Å². The van der Waals surface area contributed by atoms with Crippen molar-refractivity contribution in [1.29, 1.82) is 0 Å². The Morgan fingerprint density at radius 2 is 1.76 bits per heavy atom. The van der Waals surface area contributed by atoms with Crippen molar-refractivity contribution in [2.24, 2.45) is 0 Å². The normalized spacial score (nSPS) is 16.8. The lowest BCUT2D eigenvalue weighted by atomic mass is 9.82. The van der Waals surface area contributed by atoms with Gasteiger partial charge in [0.15, 0.2) is 0 Å². The van der Waals surface area contributed by atoms with Gasteiger partial charge in [0.1, 0.15) is 5.54 Å². The molecule has 0 radical (unpaired) electrons. The molecule has 0 bridgehead atoms. The van der Waals surface area contributed by atoms with E-state index in [1.807, 2.05) is 45.9 Å². The van der Waals surface area contributed by atoms with Crippen molar-refractivity contribution in [1.82, 2.24) is 5.34 Å². The van der Waals surface area contributed by atoms with Crippen molar-refractivity contribution in [2.45, 2.75) is 65.3 Å². The van der Waals surface area contributed by atoms with Crippen LogP contribution in [0.3, 0.4) is 0 Å². The van der Waals surface area contributed by atoms with E-state index in [-0.39, 0.29) is 0 Å². The predicted molar refractivity (Wildman–Crippen MR) is 69.8 cm³/mol. The molecule has 0 amide bonds. The number of rotatable bonds is 8. The lowest BCUT2D eigenvalue weighted by Crippen LogP contribution is -2.40. The van der Waals surface area contributed by atoms with Crippen molar-refractivity contribution >= 4 is 0 Å². The number of halogens is 2. The molecular formula is C14H25F2N. The summed E-state index contributed by atoms with van der Waals surface area (Å²) in [5.74, 6) is 0. The van der Waals surface area contributed by atoms with E-state index < -0.39 is 10.9 Å². The smallest absolute Gasteiger partial charge is 0.101 e. The topological polar surface area (TPSA) is 3.24 Å². The highest BCUT2D eigenvalue weighted by Gasteiger charge is 2.38. The van der Waals surface area contributed by atoms with Crippen molar-refractivity contribution < 1.29 is 8.96 Å². The summed E-state index contributed by atoms with van der Waals surface area (Å²) in [6.45, 7) is 7.76. The first-order chi connectivity index (χ1) is 8.08. The Morgan fingerprint density at radius 3 is 2.12 bits per heavy atom. The maximum atomic E-state index is 13.3. The Labute approximate surface area is 104 Å². The van der Waals surface area contributed by atoms with E-state index in [2.05, 4.69) is 0 Å². The van der Waals surface area contributed by atoms with E-state index >= 15 is 0 Å². The van der Waals surface area contributed by atoms with Gasteiger partial charge in [-0.2, -0.15) is 0 Å².